The van der Waals surface area contributed by atoms with Gasteiger partial charge in [-0.15, -0.1) is 0 Å². The fourth-order valence-corrected chi connectivity index (χ4v) is 6.67. The van der Waals surface area contributed by atoms with Gasteiger partial charge in [0.1, 0.15) is 11.1 Å². The van der Waals surface area contributed by atoms with Crippen LogP contribution in [0.2, 0.25) is 0 Å². The third kappa shape index (κ3) is 6.70. The van der Waals surface area contributed by atoms with Crippen molar-refractivity contribution in [1.29, 1.82) is 0 Å². The molecule has 9 nitrogen and oxygen atoms in total. The number of nitrogens with zero attached hydrogens (tertiary/aromatic N) is 1. The van der Waals surface area contributed by atoms with Crippen molar-refractivity contribution in [3.8, 4) is 56.9 Å². The van der Waals surface area contributed by atoms with Crippen LogP contribution >= 0.6 is 0 Å². The van der Waals surface area contributed by atoms with Crippen molar-refractivity contribution in [2.75, 3.05) is 7.11 Å². The van der Waals surface area contributed by atoms with E-state index < -0.39 is 5.63 Å². The molecule has 0 radical (unpaired) electrons. The summed E-state index contributed by atoms with van der Waals surface area (Å²) in [7, 11) is 1.65. The van der Waals surface area contributed by atoms with Crippen molar-refractivity contribution >= 4 is 21.9 Å². The lowest BCUT2D eigenvalue weighted by molar-refractivity contribution is 0.199. The van der Waals surface area contributed by atoms with E-state index in [0.717, 1.165) is 38.7 Å². The van der Waals surface area contributed by atoms with Crippen LogP contribution in [-0.4, -0.2) is 42.2 Å². The molecule has 2 aromatic heterocycles. The largest absolute Gasteiger partial charge is 0.493 e. The van der Waals surface area contributed by atoms with Crippen molar-refractivity contribution < 1.29 is 32.8 Å². The molecule has 50 heavy (non-hydrogen) atoms. The zero-order chi connectivity index (χ0) is 36.0. The molecule has 6 rings (SSSR count). The molecule has 0 fully saturated rings. The smallest absolute Gasteiger partial charge is 0.361 e. The number of hydrogen-bond donors (Lipinski definition) is 0. The molecule has 9 heteroatoms. The fraction of sp³-hybridized carbons (Fsp3) is 0.439. The van der Waals surface area contributed by atoms with Crippen molar-refractivity contribution in [3.63, 3.8) is 0 Å². The van der Waals surface area contributed by atoms with Crippen LogP contribution in [0.3, 0.4) is 0 Å². The Bertz CT molecular complexity index is 2100. The monoisotopic (exact) mass is 683 g/mol. The first-order chi connectivity index (χ1) is 23.7. The van der Waals surface area contributed by atoms with Gasteiger partial charge in [-0.3, -0.25) is 0 Å². The molecule has 0 unspecified atom stereocenters. The van der Waals surface area contributed by atoms with Crippen LogP contribution in [0.5, 0.6) is 34.5 Å². The zero-order valence-electron chi connectivity index (χ0n) is 31.1. The molecule has 1 aliphatic rings. The Morgan fingerprint density at radius 1 is 0.640 bits per heavy atom. The molecule has 0 spiro atoms. The van der Waals surface area contributed by atoms with Gasteiger partial charge in [-0.25, -0.2) is 4.79 Å². The number of hydrogen-bond acceptors (Lipinski definition) is 8. The molecular formula is C41H49NO8. The second-order valence-electron chi connectivity index (χ2n) is 14.2. The topological polar surface area (TPSA) is 90.5 Å². The van der Waals surface area contributed by atoms with Crippen molar-refractivity contribution in [1.82, 2.24) is 4.57 Å². The lowest BCUT2D eigenvalue weighted by Gasteiger charge is -2.24. The van der Waals surface area contributed by atoms with Crippen LogP contribution in [0.4, 0.5) is 0 Å². The molecule has 0 aliphatic carbocycles. The lowest BCUT2D eigenvalue weighted by atomic mass is 9.91. The lowest BCUT2D eigenvalue weighted by Crippen LogP contribution is -2.15. The zero-order valence-corrected chi connectivity index (χ0v) is 31.1. The molecule has 1 aliphatic heterocycles. The standard InChI is InChI=1S/C41H49NO8/c1-21(2)45-30-13-12-27(17-33(30)46-22(3)4)37-38-29-19-35(48-24(7)8)36(49-25(9)10)20-31(29)50-41(43)40(38)42-15-14-26-16-34(47-23(5)6)32(44-11)18-28(26)39(37)42/h12-13,16-25H,14-15H2,1-11H3. The van der Waals surface area contributed by atoms with E-state index in [1.165, 1.54) is 0 Å². The molecule has 0 amide bonds. The van der Waals surface area contributed by atoms with Gasteiger partial charge in [0.05, 0.1) is 43.3 Å². The minimum Gasteiger partial charge on any atom is -0.493 e. The van der Waals surface area contributed by atoms with Gasteiger partial charge in [-0.1, -0.05) is 6.07 Å². The summed E-state index contributed by atoms with van der Waals surface area (Å²) in [5.41, 5.74) is 5.14. The third-order valence-electron chi connectivity index (χ3n) is 8.27. The Kier molecular flexibility index (Phi) is 9.71. The molecule has 0 atom stereocenters. The molecule has 0 saturated carbocycles. The van der Waals surface area contributed by atoms with Crippen LogP contribution in [0.15, 0.2) is 51.7 Å². The quantitative estimate of drug-likeness (QED) is 0.120. The maximum atomic E-state index is 14.2. The van der Waals surface area contributed by atoms with Gasteiger partial charge >= 0.3 is 5.63 Å². The van der Waals surface area contributed by atoms with E-state index in [0.29, 0.717) is 58.6 Å². The van der Waals surface area contributed by atoms with Crippen LogP contribution < -0.4 is 34.0 Å². The first kappa shape index (κ1) is 35.1. The molecule has 0 N–H and O–H groups in total. The Morgan fingerprint density at radius 3 is 1.76 bits per heavy atom. The Labute approximate surface area is 294 Å². The van der Waals surface area contributed by atoms with E-state index >= 15 is 0 Å². The van der Waals surface area contributed by atoms with Gasteiger partial charge in [0.25, 0.3) is 0 Å². The summed E-state index contributed by atoms with van der Waals surface area (Å²) >= 11 is 0. The first-order valence-electron chi connectivity index (χ1n) is 17.6. The molecule has 5 aromatic rings. The van der Waals surface area contributed by atoms with Crippen LogP contribution in [-0.2, 0) is 13.0 Å². The normalized spacial score (nSPS) is 12.7. The Hall–Kier alpha value is -4.79. The summed E-state index contributed by atoms with van der Waals surface area (Å²) in [6, 6.07) is 13.8. The minimum absolute atomic E-state index is 0.0266. The summed E-state index contributed by atoms with van der Waals surface area (Å²) < 4.78 is 45.2. The summed E-state index contributed by atoms with van der Waals surface area (Å²) in [6.45, 7) is 20.4. The number of aromatic nitrogens is 1. The molecule has 266 valence electrons. The van der Waals surface area contributed by atoms with Gasteiger partial charge < -0.3 is 37.4 Å². The van der Waals surface area contributed by atoms with Gasteiger partial charge in [-0.05, 0) is 117 Å². The van der Waals surface area contributed by atoms with Gasteiger partial charge in [0, 0.05) is 34.5 Å². The molecule has 3 aromatic carbocycles. The summed E-state index contributed by atoms with van der Waals surface area (Å²) in [6.07, 6.45) is 0.300. The van der Waals surface area contributed by atoms with Gasteiger partial charge in [-0.2, -0.15) is 0 Å². The van der Waals surface area contributed by atoms with Crippen molar-refractivity contribution in [2.24, 2.45) is 0 Å². The van der Waals surface area contributed by atoms with E-state index in [9.17, 15) is 4.79 Å². The Morgan fingerprint density at radius 2 is 1.18 bits per heavy atom. The number of aryl methyl sites for hydroxylation is 2. The van der Waals surface area contributed by atoms with Crippen molar-refractivity contribution in [2.45, 2.75) is 113 Å². The highest BCUT2D eigenvalue weighted by molar-refractivity contribution is 6.17. The van der Waals surface area contributed by atoms with E-state index in [1.54, 1.807) is 13.2 Å². The van der Waals surface area contributed by atoms with Gasteiger partial charge in [0.15, 0.2) is 34.5 Å². The van der Waals surface area contributed by atoms with E-state index in [1.807, 2.05) is 99.6 Å². The van der Waals surface area contributed by atoms with Crippen molar-refractivity contribution in [3.05, 3.63) is 58.4 Å². The molecule has 0 bridgehead atoms. The summed E-state index contributed by atoms with van der Waals surface area (Å²) in [4.78, 5) is 14.2. The van der Waals surface area contributed by atoms with Crippen LogP contribution in [0.1, 0.15) is 74.8 Å². The SMILES string of the molecule is COc1cc2c(cc1OC(C)C)CCn1c-2c(-c2ccc(OC(C)C)c(OC(C)C)c2)c2c3cc(OC(C)C)c(OC(C)C)cc3oc(=O)c21. The molecule has 3 heterocycles. The second-order valence-corrected chi connectivity index (χ2v) is 14.2. The van der Waals surface area contributed by atoms with Crippen LogP contribution in [0, 0.1) is 0 Å². The summed E-state index contributed by atoms with van der Waals surface area (Å²) in [5.74, 6) is 3.68. The summed E-state index contributed by atoms with van der Waals surface area (Å²) in [5, 5.41) is 1.50. The highest BCUT2D eigenvalue weighted by atomic mass is 16.5. The number of methoxy groups -OCH3 is 1. The predicted molar refractivity (Wildman–Crippen MR) is 198 cm³/mol. The fourth-order valence-electron chi connectivity index (χ4n) is 6.67. The predicted octanol–water partition coefficient (Wildman–Crippen LogP) is 9.58. The number of rotatable bonds is 12. The second kappa shape index (κ2) is 13.8. The van der Waals surface area contributed by atoms with E-state index in [2.05, 4.69) is 10.6 Å². The molecular weight excluding hydrogens is 634 g/mol. The maximum absolute atomic E-state index is 14.2. The first-order valence-corrected chi connectivity index (χ1v) is 17.6. The van der Waals surface area contributed by atoms with E-state index in [-0.39, 0.29) is 30.5 Å². The average Bonchev–Trinajstić information content (AvgIpc) is 3.37. The van der Waals surface area contributed by atoms with Crippen LogP contribution in [0.25, 0.3) is 44.3 Å². The number of benzene rings is 3. The Balaban J connectivity index is 1.76. The average molecular weight is 684 g/mol. The highest BCUT2D eigenvalue weighted by Crippen LogP contribution is 2.50. The third-order valence-corrected chi connectivity index (χ3v) is 8.27. The highest BCUT2D eigenvalue weighted by Gasteiger charge is 2.31. The number of ether oxygens (including phenoxy) is 6. The minimum atomic E-state index is -0.429. The molecule has 0 saturated heterocycles. The maximum Gasteiger partial charge on any atom is 0.361 e. The van der Waals surface area contributed by atoms with Gasteiger partial charge in [0.2, 0.25) is 0 Å². The van der Waals surface area contributed by atoms with E-state index in [4.69, 9.17) is 32.8 Å². The number of fused-ring (bicyclic) bond motifs is 7.